The van der Waals surface area contributed by atoms with Crippen molar-refractivity contribution in [3.05, 3.63) is 29.6 Å². The monoisotopic (exact) mass is 295 g/mol. The highest BCUT2D eigenvalue weighted by molar-refractivity contribution is 5.32. The van der Waals surface area contributed by atoms with Crippen molar-refractivity contribution >= 4 is 0 Å². The van der Waals surface area contributed by atoms with Crippen LogP contribution in [-0.2, 0) is 9.47 Å². The molecule has 1 spiro atoms. The minimum atomic E-state index is -0.360. The van der Waals surface area contributed by atoms with Gasteiger partial charge < -0.3 is 19.9 Å². The molecular formula is C16H22FNO3. The summed E-state index contributed by atoms with van der Waals surface area (Å²) >= 11 is 0. The smallest absolute Gasteiger partial charge is 0.165 e. The van der Waals surface area contributed by atoms with Gasteiger partial charge in [-0.3, -0.25) is 0 Å². The molecule has 2 aliphatic rings. The van der Waals surface area contributed by atoms with Crippen molar-refractivity contribution in [2.24, 2.45) is 11.7 Å². The van der Waals surface area contributed by atoms with Crippen molar-refractivity contribution < 1.29 is 18.6 Å². The highest BCUT2D eigenvalue weighted by Crippen LogP contribution is 2.40. The first-order valence-corrected chi connectivity index (χ1v) is 7.44. The maximum atomic E-state index is 13.5. The van der Waals surface area contributed by atoms with Gasteiger partial charge in [-0.15, -0.1) is 0 Å². The molecule has 0 radical (unpaired) electrons. The minimum absolute atomic E-state index is 0.138. The van der Waals surface area contributed by atoms with E-state index < -0.39 is 0 Å². The summed E-state index contributed by atoms with van der Waals surface area (Å²) < 4.78 is 30.0. The Bertz CT molecular complexity index is 502. The van der Waals surface area contributed by atoms with E-state index in [-0.39, 0.29) is 23.2 Å². The van der Waals surface area contributed by atoms with Crippen molar-refractivity contribution in [1.29, 1.82) is 0 Å². The molecule has 0 bridgehead atoms. The lowest BCUT2D eigenvalue weighted by molar-refractivity contribution is -0.101. The molecule has 116 valence electrons. The zero-order valence-corrected chi connectivity index (χ0v) is 12.3. The van der Waals surface area contributed by atoms with Crippen molar-refractivity contribution in [3.63, 3.8) is 0 Å². The normalized spacial score (nSPS) is 30.5. The van der Waals surface area contributed by atoms with Gasteiger partial charge in [0.15, 0.2) is 11.6 Å². The molecule has 1 aromatic rings. The maximum absolute atomic E-state index is 13.5. The van der Waals surface area contributed by atoms with Crippen LogP contribution in [0.1, 0.15) is 30.9 Å². The van der Waals surface area contributed by atoms with Crippen LogP contribution in [-0.4, -0.2) is 32.5 Å². The predicted molar refractivity (Wildman–Crippen MR) is 76.7 cm³/mol. The first-order valence-electron chi connectivity index (χ1n) is 7.44. The molecule has 4 nitrogen and oxygen atoms in total. The molecule has 2 saturated heterocycles. The van der Waals surface area contributed by atoms with Gasteiger partial charge in [0.2, 0.25) is 0 Å². The summed E-state index contributed by atoms with van der Waals surface area (Å²) in [4.78, 5) is 0. The van der Waals surface area contributed by atoms with E-state index in [1.807, 2.05) is 0 Å². The zero-order chi connectivity index (χ0) is 14.9. The fraction of sp³-hybridized carbons (Fsp3) is 0.625. The van der Waals surface area contributed by atoms with Crippen LogP contribution in [0.2, 0.25) is 0 Å². The second-order valence-electron chi connectivity index (χ2n) is 6.01. The number of hydrogen-bond donors (Lipinski definition) is 1. The molecule has 3 atom stereocenters. The Kier molecular flexibility index (Phi) is 4.15. The van der Waals surface area contributed by atoms with Gasteiger partial charge in [-0.25, -0.2) is 4.39 Å². The lowest BCUT2D eigenvalue weighted by atomic mass is 9.79. The van der Waals surface area contributed by atoms with E-state index in [1.165, 1.54) is 13.2 Å². The van der Waals surface area contributed by atoms with E-state index in [4.69, 9.17) is 19.9 Å². The molecule has 2 fully saturated rings. The van der Waals surface area contributed by atoms with Gasteiger partial charge in [0.05, 0.1) is 19.3 Å². The number of benzene rings is 1. The molecule has 1 aromatic carbocycles. The number of nitrogens with two attached hydrogens (primary N) is 1. The summed E-state index contributed by atoms with van der Waals surface area (Å²) in [5.74, 6) is 0.200. The Morgan fingerprint density at radius 2 is 2.29 bits per heavy atom. The Hall–Kier alpha value is -1.17. The molecule has 5 heteroatoms. The standard InChI is InChI=1S/C16H22FNO3/c1-19-14-8-11(2-3-13(14)17)15(18)12-4-6-21-16(9-12)5-7-20-10-16/h2-3,8,12,15H,4-7,9-10,18H2,1H3. The van der Waals surface area contributed by atoms with Gasteiger partial charge in [0.25, 0.3) is 0 Å². The molecule has 0 amide bonds. The van der Waals surface area contributed by atoms with E-state index in [9.17, 15) is 4.39 Å². The Morgan fingerprint density at radius 1 is 1.43 bits per heavy atom. The van der Waals surface area contributed by atoms with E-state index in [0.29, 0.717) is 19.1 Å². The number of halogens is 1. The van der Waals surface area contributed by atoms with Gasteiger partial charge >= 0.3 is 0 Å². The fourth-order valence-electron chi connectivity index (χ4n) is 3.39. The topological polar surface area (TPSA) is 53.7 Å². The molecule has 3 rings (SSSR count). The van der Waals surface area contributed by atoms with Crippen molar-refractivity contribution in [2.45, 2.75) is 30.9 Å². The molecule has 0 aliphatic carbocycles. The average Bonchev–Trinajstić information content (AvgIpc) is 2.95. The van der Waals surface area contributed by atoms with Crippen LogP contribution in [0.15, 0.2) is 18.2 Å². The highest BCUT2D eigenvalue weighted by atomic mass is 19.1. The highest BCUT2D eigenvalue weighted by Gasteiger charge is 2.42. The summed E-state index contributed by atoms with van der Waals surface area (Å²) in [7, 11) is 1.47. The van der Waals surface area contributed by atoms with Gasteiger partial charge in [0.1, 0.15) is 0 Å². The van der Waals surface area contributed by atoms with Crippen LogP contribution in [0.4, 0.5) is 4.39 Å². The minimum Gasteiger partial charge on any atom is -0.494 e. The maximum Gasteiger partial charge on any atom is 0.165 e. The molecule has 2 N–H and O–H groups in total. The molecule has 0 saturated carbocycles. The number of methoxy groups -OCH3 is 1. The molecule has 21 heavy (non-hydrogen) atoms. The third kappa shape index (κ3) is 2.91. The van der Waals surface area contributed by atoms with Crippen molar-refractivity contribution in [3.8, 4) is 5.75 Å². The van der Waals surface area contributed by atoms with Gasteiger partial charge in [-0.05, 0) is 36.5 Å². The summed E-state index contributed by atoms with van der Waals surface area (Å²) in [5, 5.41) is 0. The van der Waals surface area contributed by atoms with E-state index in [2.05, 4.69) is 0 Å². The van der Waals surface area contributed by atoms with Crippen LogP contribution >= 0.6 is 0 Å². The van der Waals surface area contributed by atoms with Gasteiger partial charge in [-0.2, -0.15) is 0 Å². The quantitative estimate of drug-likeness (QED) is 0.930. The second-order valence-corrected chi connectivity index (χ2v) is 6.01. The molecule has 0 aromatic heterocycles. The van der Waals surface area contributed by atoms with Crippen LogP contribution in [0.5, 0.6) is 5.75 Å². The molecule has 2 heterocycles. The zero-order valence-electron chi connectivity index (χ0n) is 12.3. The van der Waals surface area contributed by atoms with E-state index in [0.717, 1.165) is 31.4 Å². The average molecular weight is 295 g/mol. The summed E-state index contributed by atoms with van der Waals surface area (Å²) in [6, 6.07) is 4.73. The summed E-state index contributed by atoms with van der Waals surface area (Å²) in [5.41, 5.74) is 7.17. The third-order valence-electron chi connectivity index (χ3n) is 4.67. The number of rotatable bonds is 3. The predicted octanol–water partition coefficient (Wildman–Crippen LogP) is 2.42. The lowest BCUT2D eigenvalue weighted by Crippen LogP contribution is -2.43. The Labute approximate surface area is 124 Å². The van der Waals surface area contributed by atoms with Crippen LogP contribution in [0.3, 0.4) is 0 Å². The molecular weight excluding hydrogens is 273 g/mol. The lowest BCUT2D eigenvalue weighted by Gasteiger charge is -2.39. The van der Waals surface area contributed by atoms with Crippen LogP contribution in [0, 0.1) is 11.7 Å². The largest absolute Gasteiger partial charge is 0.494 e. The van der Waals surface area contributed by atoms with E-state index in [1.54, 1.807) is 12.1 Å². The van der Waals surface area contributed by atoms with Crippen LogP contribution < -0.4 is 10.5 Å². The van der Waals surface area contributed by atoms with Crippen molar-refractivity contribution in [1.82, 2.24) is 0 Å². The third-order valence-corrected chi connectivity index (χ3v) is 4.67. The SMILES string of the molecule is COc1cc(C(N)C2CCOC3(CCOC3)C2)ccc1F. The summed E-state index contributed by atoms with van der Waals surface area (Å²) in [6.45, 7) is 2.12. The number of hydrogen-bond acceptors (Lipinski definition) is 4. The Balaban J connectivity index is 1.76. The first-order chi connectivity index (χ1) is 10.1. The van der Waals surface area contributed by atoms with Crippen molar-refractivity contribution in [2.75, 3.05) is 26.9 Å². The van der Waals surface area contributed by atoms with Crippen LogP contribution in [0.25, 0.3) is 0 Å². The van der Waals surface area contributed by atoms with E-state index >= 15 is 0 Å². The fourth-order valence-corrected chi connectivity index (χ4v) is 3.39. The summed E-state index contributed by atoms with van der Waals surface area (Å²) in [6.07, 6.45) is 2.75. The van der Waals surface area contributed by atoms with Gasteiger partial charge in [0, 0.05) is 25.7 Å². The number of ether oxygens (including phenoxy) is 3. The Morgan fingerprint density at radius 3 is 3.00 bits per heavy atom. The first kappa shape index (κ1) is 14.8. The molecule has 2 aliphatic heterocycles. The second kappa shape index (κ2) is 5.91. The van der Waals surface area contributed by atoms with Gasteiger partial charge in [-0.1, -0.05) is 6.07 Å². The molecule has 3 unspecified atom stereocenters.